The van der Waals surface area contributed by atoms with Crippen molar-refractivity contribution in [2.45, 2.75) is 27.2 Å². The number of oxazole rings is 1. The van der Waals surface area contributed by atoms with Gasteiger partial charge in [-0.05, 0) is 31.9 Å². The first-order valence-electron chi connectivity index (χ1n) is 5.83. The van der Waals surface area contributed by atoms with Crippen LogP contribution in [0.2, 0.25) is 0 Å². The molecule has 0 radical (unpaired) electrons. The van der Waals surface area contributed by atoms with Gasteiger partial charge in [-0.3, -0.25) is 0 Å². The Balaban J connectivity index is 2.54. The molecule has 2 rings (SSSR count). The summed E-state index contributed by atoms with van der Waals surface area (Å²) in [5.74, 6) is -0.760. The smallest absolute Gasteiger partial charge is 0.373 e. The monoisotopic (exact) mass is 245 g/mol. The summed E-state index contributed by atoms with van der Waals surface area (Å²) < 4.78 is 5.36. The quantitative estimate of drug-likeness (QED) is 0.901. The Labute approximate surface area is 105 Å². The molecule has 1 aromatic carbocycles. The van der Waals surface area contributed by atoms with Gasteiger partial charge in [-0.1, -0.05) is 24.6 Å². The molecule has 0 aliphatic heterocycles. The predicted octanol–water partition coefficient (Wildman–Crippen LogP) is 3.22. The van der Waals surface area contributed by atoms with E-state index >= 15 is 0 Å². The highest BCUT2D eigenvalue weighted by Crippen LogP contribution is 2.26. The second-order valence-corrected chi connectivity index (χ2v) is 4.27. The van der Waals surface area contributed by atoms with Crippen LogP contribution in [0.3, 0.4) is 0 Å². The number of hydrogen-bond donors (Lipinski definition) is 1. The molecular weight excluding hydrogens is 230 g/mol. The summed E-state index contributed by atoms with van der Waals surface area (Å²) in [6, 6.07) is 5.88. The fourth-order valence-electron chi connectivity index (χ4n) is 1.93. The van der Waals surface area contributed by atoms with E-state index < -0.39 is 5.97 Å². The highest BCUT2D eigenvalue weighted by atomic mass is 16.4. The fourth-order valence-corrected chi connectivity index (χ4v) is 1.93. The van der Waals surface area contributed by atoms with E-state index in [9.17, 15) is 4.79 Å². The minimum Gasteiger partial charge on any atom is -0.475 e. The number of nitrogens with zero attached hydrogens (tertiary/aromatic N) is 1. The molecule has 1 N–H and O–H groups in total. The van der Waals surface area contributed by atoms with Gasteiger partial charge in [-0.25, -0.2) is 9.78 Å². The maximum Gasteiger partial charge on any atom is 0.373 e. The Morgan fingerprint density at radius 2 is 2.11 bits per heavy atom. The van der Waals surface area contributed by atoms with Crippen molar-refractivity contribution in [3.8, 4) is 11.5 Å². The van der Waals surface area contributed by atoms with Gasteiger partial charge in [0.05, 0.1) is 5.69 Å². The summed E-state index contributed by atoms with van der Waals surface area (Å²) in [6.45, 7) is 5.82. The first-order valence-corrected chi connectivity index (χ1v) is 5.83. The van der Waals surface area contributed by atoms with Crippen LogP contribution in [-0.2, 0) is 6.42 Å². The number of rotatable bonds is 3. The van der Waals surface area contributed by atoms with E-state index in [1.807, 2.05) is 39.0 Å². The maximum atomic E-state index is 11.0. The lowest BCUT2D eigenvalue weighted by atomic mass is 10.1. The van der Waals surface area contributed by atoms with E-state index in [1.165, 1.54) is 0 Å². The van der Waals surface area contributed by atoms with Gasteiger partial charge >= 0.3 is 5.97 Å². The van der Waals surface area contributed by atoms with Gasteiger partial charge in [0.25, 0.3) is 0 Å². The first kappa shape index (κ1) is 12.4. The van der Waals surface area contributed by atoms with E-state index in [2.05, 4.69) is 4.98 Å². The molecule has 2 aromatic rings. The molecule has 4 heteroatoms. The number of hydrogen-bond acceptors (Lipinski definition) is 3. The summed E-state index contributed by atoms with van der Waals surface area (Å²) in [5.41, 5.74) is 3.49. The Morgan fingerprint density at radius 1 is 1.39 bits per heavy atom. The van der Waals surface area contributed by atoms with Crippen molar-refractivity contribution in [2.75, 3.05) is 0 Å². The SMILES string of the molecule is CCc1nc(-c2ccc(C)cc2C)oc1C(=O)O. The van der Waals surface area contributed by atoms with E-state index in [1.54, 1.807) is 0 Å². The van der Waals surface area contributed by atoms with Crippen LogP contribution in [0.4, 0.5) is 0 Å². The summed E-state index contributed by atoms with van der Waals surface area (Å²) in [4.78, 5) is 15.3. The van der Waals surface area contributed by atoms with Crippen molar-refractivity contribution in [2.24, 2.45) is 0 Å². The Hall–Kier alpha value is -2.10. The highest BCUT2D eigenvalue weighted by molar-refractivity contribution is 5.86. The van der Waals surface area contributed by atoms with Crippen molar-refractivity contribution >= 4 is 5.97 Å². The van der Waals surface area contributed by atoms with Gasteiger partial charge in [-0.15, -0.1) is 0 Å². The van der Waals surface area contributed by atoms with Crippen molar-refractivity contribution < 1.29 is 14.3 Å². The lowest BCUT2D eigenvalue weighted by Crippen LogP contribution is -1.98. The average Bonchev–Trinajstić information content (AvgIpc) is 2.73. The van der Waals surface area contributed by atoms with Crippen molar-refractivity contribution in [1.29, 1.82) is 0 Å². The Kier molecular flexibility index (Phi) is 3.19. The third kappa shape index (κ3) is 2.14. The molecule has 1 aromatic heterocycles. The Morgan fingerprint density at radius 3 is 2.61 bits per heavy atom. The molecule has 18 heavy (non-hydrogen) atoms. The summed E-state index contributed by atoms with van der Waals surface area (Å²) >= 11 is 0. The van der Waals surface area contributed by atoms with Crippen molar-refractivity contribution in [1.82, 2.24) is 4.98 Å². The van der Waals surface area contributed by atoms with Crippen LogP contribution in [0.25, 0.3) is 11.5 Å². The fraction of sp³-hybridized carbons (Fsp3) is 0.286. The van der Waals surface area contributed by atoms with Gasteiger partial charge in [0.2, 0.25) is 11.7 Å². The van der Waals surface area contributed by atoms with Gasteiger partial charge in [-0.2, -0.15) is 0 Å². The van der Waals surface area contributed by atoms with Crippen LogP contribution in [0.15, 0.2) is 22.6 Å². The van der Waals surface area contributed by atoms with Gasteiger partial charge in [0, 0.05) is 5.56 Å². The zero-order chi connectivity index (χ0) is 13.3. The van der Waals surface area contributed by atoms with Crippen LogP contribution < -0.4 is 0 Å². The summed E-state index contributed by atoms with van der Waals surface area (Å²) in [6.07, 6.45) is 0.538. The zero-order valence-corrected chi connectivity index (χ0v) is 10.7. The van der Waals surface area contributed by atoms with Crippen LogP contribution in [0.1, 0.15) is 34.3 Å². The van der Waals surface area contributed by atoms with Crippen LogP contribution in [-0.4, -0.2) is 16.1 Å². The molecular formula is C14H15NO3. The Bertz CT molecular complexity index is 599. The molecule has 0 bridgehead atoms. The number of aromatic nitrogens is 1. The third-order valence-corrected chi connectivity index (χ3v) is 2.84. The number of carboxylic acids is 1. The molecule has 94 valence electrons. The second-order valence-electron chi connectivity index (χ2n) is 4.27. The molecule has 0 unspecified atom stereocenters. The standard InChI is InChI=1S/C14H15NO3/c1-4-11-12(14(16)17)18-13(15-11)10-6-5-8(2)7-9(10)3/h5-7H,4H2,1-3H3,(H,16,17). The molecule has 0 saturated carbocycles. The molecule has 0 saturated heterocycles. The van der Waals surface area contributed by atoms with Crippen molar-refractivity contribution in [3.63, 3.8) is 0 Å². The van der Waals surface area contributed by atoms with E-state index in [-0.39, 0.29) is 5.76 Å². The lowest BCUT2D eigenvalue weighted by molar-refractivity contribution is 0.0662. The number of carboxylic acid groups (broad SMARTS) is 1. The van der Waals surface area contributed by atoms with Gasteiger partial charge in [0.15, 0.2) is 0 Å². The molecule has 0 amide bonds. The van der Waals surface area contributed by atoms with E-state index in [4.69, 9.17) is 9.52 Å². The van der Waals surface area contributed by atoms with Crippen LogP contribution in [0.5, 0.6) is 0 Å². The highest BCUT2D eigenvalue weighted by Gasteiger charge is 2.19. The maximum absolute atomic E-state index is 11.0. The number of carbonyl (C=O) groups is 1. The summed E-state index contributed by atoms with van der Waals surface area (Å²) in [7, 11) is 0. The second kappa shape index (κ2) is 4.64. The molecule has 0 atom stereocenters. The zero-order valence-electron chi connectivity index (χ0n) is 10.7. The molecule has 1 heterocycles. The first-order chi connectivity index (χ1) is 8.52. The molecule has 4 nitrogen and oxygen atoms in total. The largest absolute Gasteiger partial charge is 0.475 e. The van der Waals surface area contributed by atoms with Gasteiger partial charge < -0.3 is 9.52 Å². The lowest BCUT2D eigenvalue weighted by Gasteiger charge is -2.02. The average molecular weight is 245 g/mol. The summed E-state index contributed by atoms with van der Waals surface area (Å²) in [5, 5.41) is 9.04. The minimum absolute atomic E-state index is 0.0625. The van der Waals surface area contributed by atoms with Gasteiger partial charge in [0.1, 0.15) is 0 Å². The minimum atomic E-state index is -1.07. The number of benzene rings is 1. The number of aromatic carboxylic acids is 1. The van der Waals surface area contributed by atoms with Crippen molar-refractivity contribution in [3.05, 3.63) is 40.8 Å². The number of aryl methyl sites for hydroxylation is 3. The van der Waals surface area contributed by atoms with Crippen LogP contribution >= 0.6 is 0 Å². The molecule has 0 aliphatic carbocycles. The van der Waals surface area contributed by atoms with Crippen LogP contribution in [0, 0.1) is 13.8 Å². The predicted molar refractivity (Wildman–Crippen MR) is 67.8 cm³/mol. The molecule has 0 fully saturated rings. The normalized spacial score (nSPS) is 10.6. The topological polar surface area (TPSA) is 63.3 Å². The molecule has 0 aliphatic rings. The van der Waals surface area contributed by atoms with E-state index in [0.717, 1.165) is 16.7 Å². The van der Waals surface area contributed by atoms with E-state index in [0.29, 0.717) is 18.0 Å². The third-order valence-electron chi connectivity index (χ3n) is 2.84. The molecule has 0 spiro atoms.